The highest BCUT2D eigenvalue weighted by molar-refractivity contribution is 5.55. The van der Waals surface area contributed by atoms with Gasteiger partial charge in [-0.1, -0.05) is 30.3 Å². The Hall–Kier alpha value is -3.58. The van der Waals surface area contributed by atoms with Gasteiger partial charge in [0.1, 0.15) is 6.61 Å². The van der Waals surface area contributed by atoms with E-state index in [1.54, 1.807) is 35.5 Å². The normalized spacial score (nSPS) is 17.1. The Morgan fingerprint density at radius 3 is 1.54 bits per heavy atom. The summed E-state index contributed by atoms with van der Waals surface area (Å²) in [6, 6.07) is 17.8. The molecule has 1 saturated heterocycles. The standard InChI is InChI=1S/C28H32O7/c1-29-23-13-19(14-24(30-2)27(23)32-4)21-11-12-22(35-21)20-15-25(31-3)28(33-5)26(16-20)34-17-18-9-7-6-8-10-18/h6-10,13-16,21-22H,11-12,17H2,1-5H3/t21-,22+/m0/s1. The van der Waals surface area contributed by atoms with Crippen LogP contribution in [0.2, 0.25) is 0 Å². The largest absolute Gasteiger partial charge is 0.493 e. The molecular formula is C28H32O7. The molecule has 35 heavy (non-hydrogen) atoms. The van der Waals surface area contributed by atoms with Gasteiger partial charge in [-0.05, 0) is 53.8 Å². The maximum Gasteiger partial charge on any atom is 0.203 e. The quantitative estimate of drug-likeness (QED) is 0.358. The highest BCUT2D eigenvalue weighted by Gasteiger charge is 2.31. The highest BCUT2D eigenvalue weighted by atomic mass is 16.5. The Bertz CT molecular complexity index is 1100. The molecule has 0 radical (unpaired) electrons. The molecule has 0 N–H and O–H groups in total. The third kappa shape index (κ3) is 5.25. The maximum absolute atomic E-state index is 6.49. The highest BCUT2D eigenvalue weighted by Crippen LogP contribution is 2.48. The van der Waals surface area contributed by atoms with Gasteiger partial charge in [-0.3, -0.25) is 0 Å². The summed E-state index contributed by atoms with van der Waals surface area (Å²) in [6.07, 6.45) is 1.45. The lowest BCUT2D eigenvalue weighted by Crippen LogP contribution is -2.04. The molecule has 1 fully saturated rings. The van der Waals surface area contributed by atoms with Crippen LogP contribution in [0.5, 0.6) is 34.5 Å². The molecule has 4 rings (SSSR count). The zero-order valence-corrected chi connectivity index (χ0v) is 20.8. The smallest absolute Gasteiger partial charge is 0.203 e. The molecule has 0 saturated carbocycles. The van der Waals surface area contributed by atoms with E-state index >= 15 is 0 Å². The topological polar surface area (TPSA) is 64.6 Å². The Balaban J connectivity index is 1.59. The van der Waals surface area contributed by atoms with Crippen LogP contribution in [0, 0.1) is 0 Å². The number of benzene rings is 3. The summed E-state index contributed by atoms with van der Waals surface area (Å²) in [5.74, 6) is 3.56. The van der Waals surface area contributed by atoms with Crippen LogP contribution in [0.3, 0.4) is 0 Å². The number of hydrogen-bond donors (Lipinski definition) is 0. The van der Waals surface area contributed by atoms with E-state index in [0.717, 1.165) is 29.5 Å². The summed E-state index contributed by atoms with van der Waals surface area (Å²) in [7, 11) is 8.05. The van der Waals surface area contributed by atoms with Crippen LogP contribution in [0.4, 0.5) is 0 Å². The van der Waals surface area contributed by atoms with Gasteiger partial charge in [-0.25, -0.2) is 0 Å². The molecule has 1 aliphatic heterocycles. The second-order valence-corrected chi connectivity index (χ2v) is 8.18. The maximum atomic E-state index is 6.49. The molecule has 0 amide bonds. The fraction of sp³-hybridized carbons (Fsp3) is 0.357. The van der Waals surface area contributed by atoms with Crippen molar-refractivity contribution >= 4 is 0 Å². The van der Waals surface area contributed by atoms with E-state index in [0.29, 0.717) is 41.1 Å². The van der Waals surface area contributed by atoms with Gasteiger partial charge in [-0.15, -0.1) is 0 Å². The van der Waals surface area contributed by atoms with Gasteiger partial charge in [0.05, 0.1) is 47.8 Å². The molecule has 0 aliphatic carbocycles. The summed E-state index contributed by atoms with van der Waals surface area (Å²) in [6.45, 7) is 0.420. The average Bonchev–Trinajstić information content (AvgIpc) is 3.41. The first kappa shape index (κ1) is 24.5. The van der Waals surface area contributed by atoms with Crippen LogP contribution in [-0.2, 0) is 11.3 Å². The molecule has 0 aromatic heterocycles. The molecule has 1 aliphatic rings. The van der Waals surface area contributed by atoms with Crippen molar-refractivity contribution in [2.75, 3.05) is 35.5 Å². The lowest BCUT2D eigenvalue weighted by molar-refractivity contribution is 0.0435. The van der Waals surface area contributed by atoms with Gasteiger partial charge in [-0.2, -0.15) is 0 Å². The van der Waals surface area contributed by atoms with Crippen molar-refractivity contribution in [3.63, 3.8) is 0 Å². The van der Waals surface area contributed by atoms with E-state index in [1.807, 2.05) is 54.6 Å². The first-order chi connectivity index (χ1) is 17.1. The van der Waals surface area contributed by atoms with Crippen molar-refractivity contribution in [3.05, 3.63) is 71.3 Å². The second kappa shape index (κ2) is 11.2. The Kier molecular flexibility index (Phi) is 7.87. The van der Waals surface area contributed by atoms with E-state index in [-0.39, 0.29) is 12.2 Å². The van der Waals surface area contributed by atoms with E-state index in [4.69, 9.17) is 33.2 Å². The molecule has 3 aromatic rings. The molecule has 0 bridgehead atoms. The van der Waals surface area contributed by atoms with Crippen LogP contribution < -0.4 is 28.4 Å². The van der Waals surface area contributed by atoms with Gasteiger partial charge in [0.2, 0.25) is 11.5 Å². The minimum absolute atomic E-state index is 0.115. The monoisotopic (exact) mass is 480 g/mol. The van der Waals surface area contributed by atoms with Crippen LogP contribution in [0.15, 0.2) is 54.6 Å². The zero-order valence-electron chi connectivity index (χ0n) is 20.8. The lowest BCUT2D eigenvalue weighted by atomic mass is 10.0. The minimum atomic E-state index is -0.127. The predicted molar refractivity (Wildman–Crippen MR) is 132 cm³/mol. The first-order valence-corrected chi connectivity index (χ1v) is 11.5. The van der Waals surface area contributed by atoms with Crippen LogP contribution >= 0.6 is 0 Å². The van der Waals surface area contributed by atoms with Gasteiger partial charge in [0, 0.05) is 0 Å². The van der Waals surface area contributed by atoms with Crippen molar-refractivity contribution < 1.29 is 33.2 Å². The molecule has 7 heteroatoms. The zero-order chi connectivity index (χ0) is 24.8. The van der Waals surface area contributed by atoms with E-state index in [9.17, 15) is 0 Å². The molecule has 186 valence electrons. The summed E-state index contributed by atoms with van der Waals surface area (Å²) in [5.41, 5.74) is 3.02. The third-order valence-electron chi connectivity index (χ3n) is 6.15. The summed E-state index contributed by atoms with van der Waals surface area (Å²) >= 11 is 0. The fourth-order valence-electron chi connectivity index (χ4n) is 4.39. The first-order valence-electron chi connectivity index (χ1n) is 11.5. The molecular weight excluding hydrogens is 448 g/mol. The molecule has 2 atom stereocenters. The Labute approximate surface area is 206 Å². The van der Waals surface area contributed by atoms with Gasteiger partial charge in [0.25, 0.3) is 0 Å². The Morgan fingerprint density at radius 1 is 0.629 bits per heavy atom. The second-order valence-electron chi connectivity index (χ2n) is 8.18. The van der Waals surface area contributed by atoms with Crippen molar-refractivity contribution in [2.45, 2.75) is 31.7 Å². The van der Waals surface area contributed by atoms with Gasteiger partial charge >= 0.3 is 0 Å². The summed E-state index contributed by atoms with van der Waals surface area (Å²) < 4.78 is 40.4. The van der Waals surface area contributed by atoms with Crippen LogP contribution in [-0.4, -0.2) is 35.5 Å². The summed E-state index contributed by atoms with van der Waals surface area (Å²) in [5, 5.41) is 0. The van der Waals surface area contributed by atoms with Crippen molar-refractivity contribution in [1.29, 1.82) is 0 Å². The number of hydrogen-bond acceptors (Lipinski definition) is 7. The van der Waals surface area contributed by atoms with E-state index < -0.39 is 0 Å². The van der Waals surface area contributed by atoms with Crippen molar-refractivity contribution in [3.8, 4) is 34.5 Å². The average molecular weight is 481 g/mol. The molecule has 1 heterocycles. The van der Waals surface area contributed by atoms with E-state index in [1.165, 1.54) is 0 Å². The van der Waals surface area contributed by atoms with Gasteiger partial charge in [0.15, 0.2) is 23.0 Å². The lowest BCUT2D eigenvalue weighted by Gasteiger charge is -2.20. The SMILES string of the molecule is COc1cc([C@@H]2CC[C@H](c3cc(OC)c(OC)c(OCc4ccccc4)c3)O2)cc(OC)c1OC. The Morgan fingerprint density at radius 2 is 1.09 bits per heavy atom. The molecule has 7 nitrogen and oxygen atoms in total. The summed E-state index contributed by atoms with van der Waals surface area (Å²) in [4.78, 5) is 0. The number of ether oxygens (including phenoxy) is 7. The molecule has 0 unspecified atom stereocenters. The predicted octanol–water partition coefficient (Wildman–Crippen LogP) is 5.90. The number of methoxy groups -OCH3 is 5. The number of rotatable bonds is 10. The van der Waals surface area contributed by atoms with Crippen molar-refractivity contribution in [2.24, 2.45) is 0 Å². The minimum Gasteiger partial charge on any atom is -0.493 e. The van der Waals surface area contributed by atoms with Crippen LogP contribution in [0.25, 0.3) is 0 Å². The third-order valence-corrected chi connectivity index (χ3v) is 6.15. The molecule has 0 spiro atoms. The van der Waals surface area contributed by atoms with Gasteiger partial charge < -0.3 is 33.2 Å². The van der Waals surface area contributed by atoms with Crippen molar-refractivity contribution in [1.82, 2.24) is 0 Å². The fourth-order valence-corrected chi connectivity index (χ4v) is 4.39. The van der Waals surface area contributed by atoms with E-state index in [2.05, 4.69) is 0 Å². The molecule has 3 aromatic carbocycles. The van der Waals surface area contributed by atoms with Crippen LogP contribution in [0.1, 0.15) is 41.7 Å².